The minimum absolute atomic E-state index is 0.323. The number of aromatic nitrogens is 4. The summed E-state index contributed by atoms with van der Waals surface area (Å²) in [7, 11) is 0. The molecule has 12 heavy (non-hydrogen) atoms. The Bertz CT molecular complexity index is 436. The number of aromatic carboxylic acids is 1. The summed E-state index contributed by atoms with van der Waals surface area (Å²) in [4.78, 5) is 23.9. The summed E-state index contributed by atoms with van der Waals surface area (Å²) in [6.45, 7) is 0. The van der Waals surface area contributed by atoms with Gasteiger partial charge in [0.25, 0.3) is 0 Å². The summed E-state index contributed by atoms with van der Waals surface area (Å²) < 4.78 is 0. The van der Waals surface area contributed by atoms with Crippen molar-refractivity contribution in [1.82, 2.24) is 19.9 Å². The fraction of sp³-hybridized carbons (Fsp3) is 0. The minimum Gasteiger partial charge on any atom is -0.542 e. The highest BCUT2D eigenvalue weighted by atomic mass is 16.4. The first-order valence-corrected chi connectivity index (χ1v) is 3.15. The van der Waals surface area contributed by atoms with Gasteiger partial charge >= 0.3 is 0 Å². The topological polar surface area (TPSA) is 94.6 Å². The molecule has 0 spiro atoms. The molecule has 2 aromatic rings. The van der Waals surface area contributed by atoms with Crippen molar-refractivity contribution in [3.8, 4) is 0 Å². The predicted octanol–water partition coefficient (Wildman–Crippen LogP) is -1.28. The first-order valence-electron chi connectivity index (χ1n) is 3.15. The molecule has 2 rings (SSSR count). The molecule has 0 amide bonds. The Labute approximate surface area is 66.3 Å². The molecule has 2 aromatic heterocycles. The summed E-state index contributed by atoms with van der Waals surface area (Å²) in [6, 6.07) is 0. The Morgan fingerprint density at radius 1 is 1.50 bits per heavy atom. The van der Waals surface area contributed by atoms with Gasteiger partial charge in [-0.3, -0.25) is 0 Å². The van der Waals surface area contributed by atoms with Crippen LogP contribution in [0.1, 0.15) is 10.6 Å². The van der Waals surface area contributed by atoms with Gasteiger partial charge in [-0.25, -0.2) is 15.0 Å². The van der Waals surface area contributed by atoms with Crippen LogP contribution in [0.15, 0.2) is 12.5 Å². The molecule has 6 nitrogen and oxygen atoms in total. The average molecular weight is 163 g/mol. The van der Waals surface area contributed by atoms with Crippen LogP contribution in [0, 0.1) is 0 Å². The van der Waals surface area contributed by atoms with E-state index in [1.165, 1.54) is 12.5 Å². The van der Waals surface area contributed by atoms with E-state index in [4.69, 9.17) is 0 Å². The van der Waals surface area contributed by atoms with Crippen molar-refractivity contribution in [1.29, 1.82) is 0 Å². The fourth-order valence-electron chi connectivity index (χ4n) is 0.834. The molecule has 0 aliphatic rings. The molecule has 0 bridgehead atoms. The van der Waals surface area contributed by atoms with Crippen molar-refractivity contribution in [3.05, 3.63) is 18.3 Å². The van der Waals surface area contributed by atoms with Crippen molar-refractivity contribution < 1.29 is 9.90 Å². The van der Waals surface area contributed by atoms with Gasteiger partial charge in [0.05, 0.1) is 12.5 Å². The largest absolute Gasteiger partial charge is 0.542 e. The molecule has 0 radical (unpaired) electrons. The smallest absolute Gasteiger partial charge is 0.181 e. The third-order valence-electron chi connectivity index (χ3n) is 1.36. The van der Waals surface area contributed by atoms with Crippen molar-refractivity contribution in [2.45, 2.75) is 0 Å². The molecule has 6 heteroatoms. The maximum absolute atomic E-state index is 10.3. The minimum atomic E-state index is -1.40. The second kappa shape index (κ2) is 2.26. The zero-order valence-electron chi connectivity index (χ0n) is 5.81. The van der Waals surface area contributed by atoms with E-state index < -0.39 is 5.97 Å². The van der Waals surface area contributed by atoms with Crippen LogP contribution >= 0.6 is 0 Å². The quantitative estimate of drug-likeness (QED) is 0.564. The molecule has 0 saturated heterocycles. The molecule has 0 aliphatic heterocycles. The van der Waals surface area contributed by atoms with Gasteiger partial charge in [-0.1, -0.05) is 0 Å². The summed E-state index contributed by atoms with van der Waals surface area (Å²) in [5, 5.41) is 10.3. The third-order valence-corrected chi connectivity index (χ3v) is 1.36. The van der Waals surface area contributed by atoms with Crippen LogP contribution in [0.3, 0.4) is 0 Å². The molecule has 0 aliphatic carbocycles. The lowest BCUT2D eigenvalue weighted by Crippen LogP contribution is -2.24. The summed E-state index contributed by atoms with van der Waals surface area (Å²) in [5.41, 5.74) is 0.921. The van der Waals surface area contributed by atoms with E-state index in [1.54, 1.807) is 0 Å². The van der Waals surface area contributed by atoms with Gasteiger partial charge in [-0.05, 0) is 0 Å². The Balaban J connectivity index is 2.68. The number of carbonyl (C=O) groups excluding carboxylic acids is 1. The number of hydrogen-bond acceptors (Lipinski definition) is 5. The lowest BCUT2D eigenvalue weighted by atomic mass is 10.5. The summed E-state index contributed by atoms with van der Waals surface area (Å²) >= 11 is 0. The molecule has 0 unspecified atom stereocenters. The Morgan fingerprint density at radius 3 is 3.08 bits per heavy atom. The number of hydrogen-bond donors (Lipinski definition) is 1. The first kappa shape index (κ1) is 6.71. The van der Waals surface area contributed by atoms with Crippen LogP contribution in [0.4, 0.5) is 0 Å². The molecule has 0 fully saturated rings. The van der Waals surface area contributed by atoms with E-state index in [1.807, 2.05) is 0 Å². The van der Waals surface area contributed by atoms with E-state index in [-0.39, 0.29) is 5.82 Å². The molecule has 60 valence electrons. The SMILES string of the molecule is O=C([O-])c1ncc2[nH]cnc2n1. The number of fused-ring (bicyclic) bond motifs is 1. The normalized spacial score (nSPS) is 10.3. The van der Waals surface area contributed by atoms with Gasteiger partial charge < -0.3 is 14.9 Å². The van der Waals surface area contributed by atoms with Gasteiger partial charge in [-0.15, -0.1) is 0 Å². The lowest BCUT2D eigenvalue weighted by molar-refractivity contribution is -0.256. The van der Waals surface area contributed by atoms with E-state index in [0.29, 0.717) is 11.2 Å². The number of nitrogens with zero attached hydrogens (tertiary/aromatic N) is 3. The Kier molecular flexibility index (Phi) is 1.26. The molecule has 0 aromatic carbocycles. The second-order valence-corrected chi connectivity index (χ2v) is 2.12. The standard InChI is InChI=1S/C6H4N4O2/c11-6(12)5-7-1-3-4(10-5)9-2-8-3/h1-2H,(H,11,12)(H,7,8,9,10)/p-1. The van der Waals surface area contributed by atoms with Gasteiger partial charge in [0.1, 0.15) is 11.5 Å². The second-order valence-electron chi connectivity index (χ2n) is 2.12. The fourth-order valence-corrected chi connectivity index (χ4v) is 0.834. The zero-order valence-corrected chi connectivity index (χ0v) is 5.81. The van der Waals surface area contributed by atoms with Crippen LogP contribution in [0.2, 0.25) is 0 Å². The van der Waals surface area contributed by atoms with Crippen molar-refractivity contribution in [3.63, 3.8) is 0 Å². The van der Waals surface area contributed by atoms with E-state index in [9.17, 15) is 9.90 Å². The van der Waals surface area contributed by atoms with Crippen molar-refractivity contribution in [2.75, 3.05) is 0 Å². The van der Waals surface area contributed by atoms with Crippen LogP contribution in [0.5, 0.6) is 0 Å². The summed E-state index contributed by atoms with van der Waals surface area (Å²) in [5.74, 6) is -1.76. The highest BCUT2D eigenvalue weighted by Crippen LogP contribution is 2.02. The number of nitrogens with one attached hydrogen (secondary N) is 1. The summed E-state index contributed by atoms with van der Waals surface area (Å²) in [6.07, 6.45) is 2.76. The third kappa shape index (κ3) is 0.895. The molecule has 2 heterocycles. The molecular weight excluding hydrogens is 160 g/mol. The highest BCUT2D eigenvalue weighted by Gasteiger charge is 2.00. The zero-order chi connectivity index (χ0) is 8.55. The number of rotatable bonds is 1. The van der Waals surface area contributed by atoms with Crippen LogP contribution in [0.25, 0.3) is 11.2 Å². The highest BCUT2D eigenvalue weighted by molar-refractivity contribution is 5.83. The van der Waals surface area contributed by atoms with Crippen molar-refractivity contribution >= 4 is 17.1 Å². The number of carboxylic acids is 1. The van der Waals surface area contributed by atoms with Crippen molar-refractivity contribution in [2.24, 2.45) is 0 Å². The Hall–Kier alpha value is -1.98. The van der Waals surface area contributed by atoms with E-state index in [0.717, 1.165) is 0 Å². The number of imidazole rings is 1. The maximum atomic E-state index is 10.3. The monoisotopic (exact) mass is 163 g/mol. The lowest BCUT2D eigenvalue weighted by Gasteiger charge is -1.97. The molecule has 0 saturated carbocycles. The van der Waals surface area contributed by atoms with Gasteiger partial charge in [0.2, 0.25) is 0 Å². The van der Waals surface area contributed by atoms with E-state index >= 15 is 0 Å². The van der Waals surface area contributed by atoms with Crippen LogP contribution in [-0.2, 0) is 0 Å². The molecule has 1 N–H and O–H groups in total. The first-order chi connectivity index (χ1) is 5.77. The molecule has 0 atom stereocenters. The van der Waals surface area contributed by atoms with Crippen LogP contribution in [-0.4, -0.2) is 25.9 Å². The number of H-pyrrole nitrogens is 1. The van der Waals surface area contributed by atoms with E-state index in [2.05, 4.69) is 19.9 Å². The van der Waals surface area contributed by atoms with Gasteiger partial charge in [0, 0.05) is 0 Å². The van der Waals surface area contributed by atoms with Gasteiger partial charge in [-0.2, -0.15) is 0 Å². The molecular formula is C6H3N4O2-. The maximum Gasteiger partial charge on any atom is 0.181 e. The average Bonchev–Trinajstić information content (AvgIpc) is 2.49. The van der Waals surface area contributed by atoms with Crippen LogP contribution < -0.4 is 5.11 Å². The number of carboxylic acid groups (broad SMARTS) is 1. The number of aromatic amines is 1. The number of carbonyl (C=O) groups is 1. The predicted molar refractivity (Wildman–Crippen MR) is 36.0 cm³/mol. The Morgan fingerprint density at radius 2 is 2.33 bits per heavy atom. The van der Waals surface area contributed by atoms with Gasteiger partial charge in [0.15, 0.2) is 11.5 Å².